The summed E-state index contributed by atoms with van der Waals surface area (Å²) in [5.41, 5.74) is -0.194. The largest absolute Gasteiger partial charge is 1.00 e. The molecule has 0 aliphatic heterocycles. The molecule has 0 aromatic rings. The summed E-state index contributed by atoms with van der Waals surface area (Å²) in [7, 11) is -4.42. The Labute approximate surface area is 252 Å². The molecule has 0 radical (unpaired) electrons. The van der Waals surface area contributed by atoms with Gasteiger partial charge in [0.1, 0.15) is 0 Å². The minimum atomic E-state index is -1.11. The zero-order valence-electron chi connectivity index (χ0n) is 25.8. The SMILES string of the molecule is CC(C)(C)C#N.CC(C)(C)C#[NH+].C[Si](C)(C)[N-][Si](C)(C)C.C[Si](C)(C)[N-][Si](C)(C)C.[Na+].[Na+]. The van der Waals surface area contributed by atoms with Gasteiger partial charge in [0.15, 0.2) is 0 Å². The molecule has 10 heteroatoms. The summed E-state index contributed by atoms with van der Waals surface area (Å²) >= 11 is 0. The average Bonchev–Trinajstić information content (AvgIpc) is 2.30. The maximum absolute atomic E-state index is 8.15. The maximum Gasteiger partial charge on any atom is 1.00 e. The van der Waals surface area contributed by atoms with Crippen molar-refractivity contribution in [3.8, 4) is 12.1 Å². The summed E-state index contributed by atoms with van der Waals surface area (Å²) in [5, 5.41) is 14.8. The Morgan fingerprint density at radius 1 is 0.531 bits per heavy atom. The van der Waals surface area contributed by atoms with Gasteiger partial charge in [-0.2, -0.15) is 5.26 Å². The summed E-state index contributed by atoms with van der Waals surface area (Å²) in [6, 6.07) is 4.46. The molecule has 1 N–H and O–H groups in total. The van der Waals surface area contributed by atoms with Gasteiger partial charge in [0.25, 0.3) is 6.07 Å². The van der Waals surface area contributed by atoms with Crippen molar-refractivity contribution in [1.29, 1.82) is 5.26 Å². The van der Waals surface area contributed by atoms with E-state index in [1.807, 2.05) is 41.5 Å². The van der Waals surface area contributed by atoms with Crippen LogP contribution in [0.1, 0.15) is 41.5 Å². The molecule has 0 rings (SSSR count). The first-order valence-corrected chi connectivity index (χ1v) is 24.7. The van der Waals surface area contributed by atoms with Crippen LogP contribution in [0.2, 0.25) is 78.6 Å². The average molecular weight is 534 g/mol. The molecule has 0 saturated carbocycles. The summed E-state index contributed by atoms with van der Waals surface area (Å²) in [4.78, 5) is 0. The molecule has 0 heterocycles. The number of rotatable bonds is 4. The fourth-order valence-corrected chi connectivity index (χ4v) is 18.1. The van der Waals surface area contributed by atoms with Crippen molar-refractivity contribution in [1.82, 2.24) is 0 Å². The van der Waals surface area contributed by atoms with Crippen LogP contribution in [-0.2, 0) is 0 Å². The molecule has 0 atom stereocenters. The van der Waals surface area contributed by atoms with E-state index in [0.29, 0.717) is 0 Å². The predicted octanol–water partition coefficient (Wildman–Crippen LogP) is 1.43. The third-order valence-corrected chi connectivity index (χ3v) is 12.8. The Bertz CT molecular complexity index is 458. The van der Waals surface area contributed by atoms with Crippen LogP contribution < -0.4 is 64.4 Å². The normalized spacial score (nSPS) is 11.8. The van der Waals surface area contributed by atoms with E-state index in [1.165, 1.54) is 0 Å². The molecule has 0 unspecified atom stereocenters. The number of nitriles is 1. The first-order valence-electron chi connectivity index (χ1n) is 10.9. The Morgan fingerprint density at radius 3 is 0.656 bits per heavy atom. The second-order valence-electron chi connectivity index (χ2n) is 13.6. The van der Waals surface area contributed by atoms with Crippen molar-refractivity contribution in [2.24, 2.45) is 10.8 Å². The van der Waals surface area contributed by atoms with Crippen LogP contribution in [0.4, 0.5) is 0 Å². The van der Waals surface area contributed by atoms with Crippen LogP contribution >= 0.6 is 0 Å². The summed E-state index contributed by atoms with van der Waals surface area (Å²) in [5.74, 6) is 0. The van der Waals surface area contributed by atoms with Gasteiger partial charge in [-0.1, -0.05) is 112 Å². The molecular formula is C22H55N4Na2Si4+. The van der Waals surface area contributed by atoms with Crippen LogP contribution in [0, 0.1) is 28.2 Å². The van der Waals surface area contributed by atoms with Crippen molar-refractivity contribution >= 4 is 32.9 Å². The van der Waals surface area contributed by atoms with Crippen molar-refractivity contribution in [3.63, 3.8) is 0 Å². The van der Waals surface area contributed by atoms with Crippen molar-refractivity contribution in [2.45, 2.75) is 120 Å². The smallest absolute Gasteiger partial charge is 0.668 e. The van der Waals surface area contributed by atoms with Crippen LogP contribution in [0.5, 0.6) is 0 Å². The molecule has 0 aromatic heterocycles. The molecule has 4 nitrogen and oxygen atoms in total. The zero-order chi connectivity index (χ0) is 25.8. The minimum absolute atomic E-state index is 0. The van der Waals surface area contributed by atoms with E-state index >= 15 is 0 Å². The topological polar surface area (TPSA) is 75.8 Å². The molecule has 0 bridgehead atoms. The van der Waals surface area contributed by atoms with Crippen LogP contribution in [0.25, 0.3) is 9.30 Å². The van der Waals surface area contributed by atoms with Crippen LogP contribution in [0.3, 0.4) is 0 Å². The van der Waals surface area contributed by atoms with Gasteiger partial charge in [-0.05, 0) is 41.5 Å². The number of nitrogens with one attached hydrogen (secondary N) is 1. The van der Waals surface area contributed by atoms with E-state index in [-0.39, 0.29) is 69.9 Å². The predicted molar refractivity (Wildman–Crippen MR) is 149 cm³/mol. The molecule has 0 fully saturated rings. The van der Waals surface area contributed by atoms with E-state index in [4.69, 9.17) is 19.8 Å². The molecule has 0 aromatic carbocycles. The fourth-order valence-electron chi connectivity index (χ4n) is 2.01. The van der Waals surface area contributed by atoms with Crippen LogP contribution in [0.15, 0.2) is 0 Å². The molecular weight excluding hydrogens is 479 g/mol. The Kier molecular flexibility index (Phi) is 27.9. The second kappa shape index (κ2) is 19.0. The molecule has 0 aliphatic rings. The van der Waals surface area contributed by atoms with Gasteiger partial charge in [0, 0.05) is 5.41 Å². The van der Waals surface area contributed by atoms with E-state index in [9.17, 15) is 0 Å². The molecule has 180 valence electrons. The maximum atomic E-state index is 8.15. The van der Waals surface area contributed by atoms with E-state index in [1.54, 1.807) is 0 Å². The minimum Gasteiger partial charge on any atom is -0.668 e. The van der Waals surface area contributed by atoms with Crippen molar-refractivity contribution < 1.29 is 64.4 Å². The summed E-state index contributed by atoms with van der Waals surface area (Å²) < 4.78 is 9.64. The molecule has 0 aliphatic carbocycles. The Morgan fingerprint density at radius 2 is 0.656 bits per heavy atom. The third kappa shape index (κ3) is 77.0. The van der Waals surface area contributed by atoms with Gasteiger partial charge in [-0.3, -0.25) is 0 Å². The van der Waals surface area contributed by atoms with Gasteiger partial charge in [-0.25, -0.2) is 0 Å². The van der Waals surface area contributed by atoms with Gasteiger partial charge in [0.05, 0.1) is 11.5 Å². The summed E-state index contributed by atoms with van der Waals surface area (Å²) in [6.45, 7) is 39.0. The molecule has 32 heavy (non-hydrogen) atoms. The Balaban J connectivity index is -0.0000000702. The van der Waals surface area contributed by atoms with Crippen molar-refractivity contribution in [2.75, 3.05) is 0 Å². The molecule has 0 spiro atoms. The van der Waals surface area contributed by atoms with E-state index < -0.39 is 32.9 Å². The van der Waals surface area contributed by atoms with Gasteiger partial charge in [-0.15, -0.1) is 5.26 Å². The second-order valence-corrected chi connectivity index (χ2v) is 32.8. The monoisotopic (exact) mass is 533 g/mol. The molecule has 0 saturated heterocycles. The van der Waals surface area contributed by atoms with Crippen molar-refractivity contribution in [3.05, 3.63) is 9.30 Å². The van der Waals surface area contributed by atoms with Gasteiger partial charge < -0.3 is 9.30 Å². The third-order valence-electron chi connectivity index (χ3n) is 2.05. The fraction of sp³-hybridized carbons (Fsp3) is 0.909. The first-order chi connectivity index (χ1) is 12.5. The quantitative estimate of drug-likeness (QED) is 0.545. The first kappa shape index (κ1) is 47.0. The standard InChI is InChI=1S/2C6H18NSi2.2C5H9N.2Na/c2*1-8(2,3)7-9(4,5)6;2*1-5(2,3)4-6;;/h2*1-6H3;2*1-3H3;;/q2*-1;;;2*+1/p+1. The zero-order valence-corrected chi connectivity index (χ0v) is 33.8. The number of hydrogen-bond donors (Lipinski definition) is 1. The van der Waals surface area contributed by atoms with E-state index in [0.717, 1.165) is 0 Å². The van der Waals surface area contributed by atoms with Gasteiger partial charge >= 0.3 is 59.1 Å². The summed E-state index contributed by atoms with van der Waals surface area (Å²) in [6.07, 6.45) is 0. The molecule has 0 amide bonds. The number of hydrogen-bond acceptors (Lipinski definition) is 1. The van der Waals surface area contributed by atoms with Crippen LogP contribution in [-0.4, -0.2) is 32.9 Å². The Hall–Kier alpha value is 1.77. The van der Waals surface area contributed by atoms with Gasteiger partial charge in [0.2, 0.25) is 0 Å². The van der Waals surface area contributed by atoms with E-state index in [2.05, 4.69) is 90.7 Å². The number of nitrogens with zero attached hydrogens (tertiary/aromatic N) is 3.